The summed E-state index contributed by atoms with van der Waals surface area (Å²) in [4.78, 5) is 53.2. The van der Waals surface area contributed by atoms with Crippen molar-refractivity contribution in [2.75, 3.05) is 52.5 Å². The molecule has 1 saturated heterocycles. The van der Waals surface area contributed by atoms with Crippen LogP contribution in [0.4, 0.5) is 0 Å². The van der Waals surface area contributed by atoms with E-state index in [1.54, 1.807) is 0 Å². The third-order valence-electron chi connectivity index (χ3n) is 9.33. The van der Waals surface area contributed by atoms with Crippen LogP contribution in [0.25, 0.3) is 0 Å². The average molecular weight is 969 g/mol. The second kappa shape index (κ2) is 48.3. The summed E-state index contributed by atoms with van der Waals surface area (Å²) in [5.74, 6) is -5.07. The maximum atomic E-state index is 12.1. The zero-order valence-corrected chi connectivity index (χ0v) is 39.4. The summed E-state index contributed by atoms with van der Waals surface area (Å²) < 4.78 is 10.3. The van der Waals surface area contributed by atoms with Crippen molar-refractivity contribution in [3.05, 3.63) is 0 Å². The molecule has 0 aromatic rings. The van der Waals surface area contributed by atoms with E-state index in [9.17, 15) is 64.8 Å². The predicted octanol–water partition coefficient (Wildman–Crippen LogP) is -2.46. The van der Waals surface area contributed by atoms with E-state index in [-0.39, 0.29) is 49.7 Å². The lowest BCUT2D eigenvalue weighted by Crippen LogP contribution is -2.62. The van der Waals surface area contributed by atoms with Gasteiger partial charge in [0.05, 0.1) is 32.5 Å². The number of hydrogen-bond acceptors (Lipinski definition) is 17. The predicted molar refractivity (Wildman–Crippen MR) is 242 cm³/mol. The summed E-state index contributed by atoms with van der Waals surface area (Å²) in [5, 5.41) is 114. The van der Waals surface area contributed by atoms with Crippen molar-refractivity contribution in [2.45, 2.75) is 186 Å². The van der Waals surface area contributed by atoms with Crippen LogP contribution in [0.1, 0.15) is 130 Å². The summed E-state index contributed by atoms with van der Waals surface area (Å²) >= 11 is 0. The summed E-state index contributed by atoms with van der Waals surface area (Å²) in [6.45, 7) is 11.7. The Morgan fingerprint density at radius 2 is 0.955 bits per heavy atom. The average Bonchev–Trinajstić information content (AvgIpc) is 3.27. The monoisotopic (exact) mass is 969 g/mol. The highest BCUT2D eigenvalue weighted by Crippen LogP contribution is 2.25. The fraction of sp³-hybridized carbons (Fsp3) is 0.881. The summed E-state index contributed by atoms with van der Waals surface area (Å²) in [6.07, 6.45) is -2.02. The van der Waals surface area contributed by atoms with E-state index in [1.807, 2.05) is 0 Å². The Kier molecular flexibility index (Phi) is 52.5. The molecule has 66 heavy (non-hydrogen) atoms. The summed E-state index contributed by atoms with van der Waals surface area (Å²) in [5.41, 5.74) is 0. The van der Waals surface area contributed by atoms with Gasteiger partial charge in [0.2, 0.25) is 5.91 Å². The molecule has 24 heteroatoms. The molecule has 0 aliphatic carbocycles. The highest BCUT2D eigenvalue weighted by Gasteiger charge is 2.47. The van der Waals surface area contributed by atoms with E-state index in [2.05, 4.69) is 49.0 Å². The van der Waals surface area contributed by atoms with Gasteiger partial charge in [0.15, 0.2) is 12.4 Å². The van der Waals surface area contributed by atoms with Crippen LogP contribution in [0.2, 0.25) is 0 Å². The van der Waals surface area contributed by atoms with E-state index >= 15 is 0 Å². The van der Waals surface area contributed by atoms with Crippen molar-refractivity contribution >= 4 is 29.7 Å². The molecule has 1 heterocycles. The van der Waals surface area contributed by atoms with Gasteiger partial charge in [-0.1, -0.05) is 79.1 Å². The molecule has 1 fully saturated rings. The largest absolute Gasteiger partial charge is 0.481 e. The third-order valence-corrected chi connectivity index (χ3v) is 9.33. The highest BCUT2D eigenvalue weighted by atomic mass is 16.7. The molecule has 1 rings (SSSR count). The number of hydrogen-bond donors (Lipinski definition) is 15. The van der Waals surface area contributed by atoms with Gasteiger partial charge in [-0.3, -0.25) is 24.0 Å². The Morgan fingerprint density at radius 3 is 1.32 bits per heavy atom. The second-order valence-electron chi connectivity index (χ2n) is 15.1. The number of carboxylic acids is 3. The first-order chi connectivity index (χ1) is 30.4. The molecular weight excluding hydrogens is 880 g/mol. The molecule has 2 amide bonds. The zero-order chi connectivity index (χ0) is 49.3. The van der Waals surface area contributed by atoms with Crippen LogP contribution in [-0.2, 0) is 33.4 Å². The van der Waals surface area contributed by atoms with Crippen LogP contribution >= 0.6 is 0 Å². The topological polar surface area (TPSA) is 437 Å². The van der Waals surface area contributed by atoms with Crippen molar-refractivity contribution in [3.63, 3.8) is 0 Å². The number of ether oxygens (including phenoxy) is 2. The van der Waals surface area contributed by atoms with Gasteiger partial charge in [-0.15, -0.1) is 0 Å². The van der Waals surface area contributed by atoms with Gasteiger partial charge < -0.3 is 97.9 Å². The first kappa shape index (κ1) is 71.8. The number of unbranched alkanes of at least 4 members (excludes halogenated alkanes) is 8. The van der Waals surface area contributed by atoms with Crippen molar-refractivity contribution in [1.29, 1.82) is 0 Å². The van der Waals surface area contributed by atoms with E-state index in [4.69, 9.17) is 24.8 Å². The van der Waals surface area contributed by atoms with Crippen LogP contribution in [0.15, 0.2) is 0 Å². The molecule has 1 aliphatic rings. The van der Waals surface area contributed by atoms with E-state index < -0.39 is 98.1 Å². The Bertz CT molecular complexity index is 1130. The minimum Gasteiger partial charge on any atom is -0.481 e. The number of aliphatic hydroxyl groups excluding tert-OH is 8. The lowest BCUT2D eigenvalue weighted by molar-refractivity contribution is -0.326. The van der Waals surface area contributed by atoms with Crippen molar-refractivity contribution in [2.24, 2.45) is 0 Å². The van der Waals surface area contributed by atoms with Gasteiger partial charge >= 0.3 is 17.9 Å². The number of aliphatic carboxylic acids is 3. The van der Waals surface area contributed by atoms with Gasteiger partial charge in [-0.25, -0.2) is 0 Å². The Balaban J connectivity index is -0.000000315. The molecule has 9 unspecified atom stereocenters. The zero-order valence-electron chi connectivity index (χ0n) is 39.4. The van der Waals surface area contributed by atoms with Gasteiger partial charge in [0.1, 0.15) is 42.7 Å². The molecule has 19 N–H and O–H groups in total. The molecular formula is C42H88N4O20. The van der Waals surface area contributed by atoms with Gasteiger partial charge in [0, 0.05) is 19.5 Å². The minimum atomic E-state index is -2.24. The molecule has 1 aliphatic heterocycles. The number of carbonyl (C=O) groups is 5. The first-order valence-electron chi connectivity index (χ1n) is 22.6. The number of nitrogens with one attached hydrogen (secondary N) is 4. The molecule has 0 radical (unpaired) electrons. The smallest absolute Gasteiger partial charge is 0.303 e. The summed E-state index contributed by atoms with van der Waals surface area (Å²) in [7, 11) is 0. The molecule has 24 nitrogen and oxygen atoms in total. The van der Waals surface area contributed by atoms with Crippen molar-refractivity contribution < 1.29 is 101 Å². The molecule has 396 valence electrons. The van der Waals surface area contributed by atoms with Crippen LogP contribution in [0.5, 0.6) is 0 Å². The van der Waals surface area contributed by atoms with Gasteiger partial charge in [-0.05, 0) is 51.9 Å². The molecule has 0 spiro atoms. The molecule has 0 aromatic heterocycles. The van der Waals surface area contributed by atoms with Crippen LogP contribution in [0, 0.1) is 0 Å². The minimum absolute atomic E-state index is 0. The lowest BCUT2D eigenvalue weighted by Gasteiger charge is -2.42. The van der Waals surface area contributed by atoms with E-state index in [0.29, 0.717) is 0 Å². The normalized spacial score (nSPS) is 19.1. The van der Waals surface area contributed by atoms with Gasteiger partial charge in [0.25, 0.3) is 5.91 Å². The Hall–Kier alpha value is -3.21. The fourth-order valence-corrected chi connectivity index (χ4v) is 5.44. The van der Waals surface area contributed by atoms with Crippen molar-refractivity contribution in [3.8, 4) is 0 Å². The molecule has 0 bridgehead atoms. The van der Waals surface area contributed by atoms with Crippen LogP contribution in [-0.4, -0.2) is 204 Å². The van der Waals surface area contributed by atoms with E-state index in [0.717, 1.165) is 0 Å². The number of carbonyl (C=O) groups excluding carboxylic acids is 2. The molecule has 0 aromatic carbocycles. The number of amides is 2. The number of carboxylic acid groups (broad SMARTS) is 3. The molecule has 9 atom stereocenters. The van der Waals surface area contributed by atoms with Crippen molar-refractivity contribution in [1.82, 2.24) is 21.3 Å². The standard InChI is InChI=1S/C18H32N2O14.2C10H23N.C4H6O4.2H2O/c21-5-7(23)16(34-18-15(31)12(28)11(27)8(6-22)33-18)13(29)14(30)17(32)20-4-3-19-9(24)1-2-10(25)26;2*1-3-5-7-9-11-10-8-6-4-2;5-3(6)1-2-4(7)8;;/h7-8,11-16,18,21-23,27-31H,1-6H2,(H,19,24)(H,20,32)(H,25,26);2*11H,3-10H2,1-2H3;1-2H2,(H,5,6)(H,7,8);2*1H2. The summed E-state index contributed by atoms with van der Waals surface area (Å²) in [6, 6.07) is 0. The van der Waals surface area contributed by atoms with Crippen LogP contribution < -0.4 is 21.3 Å². The number of aliphatic hydroxyl groups is 8. The Labute approximate surface area is 389 Å². The quantitative estimate of drug-likeness (QED) is 0.0303. The highest BCUT2D eigenvalue weighted by molar-refractivity contribution is 5.82. The SMILES string of the molecule is CCCCCNCCCCC.CCCCCNCCCCC.O.O.O=C(O)CCC(=O)NCCNC(=O)C(O)C(O)C(OC1OC(CO)C(O)C(O)C1O)C(O)CO.O=C(O)CCC(=O)O. The molecule has 0 saturated carbocycles. The second-order valence-corrected chi connectivity index (χ2v) is 15.1. The third kappa shape index (κ3) is 39.9. The first-order valence-corrected chi connectivity index (χ1v) is 22.6. The van der Waals surface area contributed by atoms with E-state index in [1.165, 1.54) is 103 Å². The maximum absolute atomic E-state index is 12.1. The number of rotatable bonds is 33. The maximum Gasteiger partial charge on any atom is 0.303 e. The fourth-order valence-electron chi connectivity index (χ4n) is 5.44. The Morgan fingerprint density at radius 1 is 0.561 bits per heavy atom. The lowest BCUT2D eigenvalue weighted by atomic mass is 9.98. The van der Waals surface area contributed by atoms with Crippen LogP contribution in [0.3, 0.4) is 0 Å². The van der Waals surface area contributed by atoms with Gasteiger partial charge in [-0.2, -0.15) is 0 Å².